The van der Waals surface area contributed by atoms with Crippen LogP contribution in [0.2, 0.25) is 0 Å². The van der Waals surface area contributed by atoms with Crippen LogP contribution in [0, 0.1) is 6.92 Å². The van der Waals surface area contributed by atoms with Crippen LogP contribution in [-0.4, -0.2) is 29.1 Å². The van der Waals surface area contributed by atoms with Crippen molar-refractivity contribution in [2.24, 2.45) is 0 Å². The van der Waals surface area contributed by atoms with Gasteiger partial charge in [-0.15, -0.1) is 0 Å². The van der Waals surface area contributed by atoms with Crippen molar-refractivity contribution in [3.63, 3.8) is 0 Å². The summed E-state index contributed by atoms with van der Waals surface area (Å²) in [6.45, 7) is 4.02. The van der Waals surface area contributed by atoms with Crippen LogP contribution in [0.25, 0.3) is 0 Å². The molecule has 0 aromatic carbocycles. The molecule has 1 aromatic heterocycles. The summed E-state index contributed by atoms with van der Waals surface area (Å²) in [5, 5.41) is 6.62. The lowest BCUT2D eigenvalue weighted by atomic mass is 10.1. The van der Waals surface area contributed by atoms with Gasteiger partial charge in [-0.25, -0.2) is 4.98 Å². The number of anilines is 2. The summed E-state index contributed by atoms with van der Waals surface area (Å²) >= 11 is 0. The van der Waals surface area contributed by atoms with Gasteiger partial charge >= 0.3 is 0 Å². The van der Waals surface area contributed by atoms with Gasteiger partial charge < -0.3 is 16.4 Å². The number of hydrogen-bond acceptors (Lipinski definition) is 5. The van der Waals surface area contributed by atoms with Crippen molar-refractivity contribution < 1.29 is 0 Å². The summed E-state index contributed by atoms with van der Waals surface area (Å²) in [6, 6.07) is 0.466. The standard InChI is InChI=1S/C10H17N5/c1-7-6-13-10(15-9(7)11)14-8-2-4-12-5-3-8/h6,8,12H,2-5H2,1H3,(H3,11,13,14,15). The molecule has 0 aliphatic carbocycles. The smallest absolute Gasteiger partial charge is 0.224 e. The van der Waals surface area contributed by atoms with Crippen LogP contribution in [0.5, 0.6) is 0 Å². The monoisotopic (exact) mass is 207 g/mol. The minimum atomic E-state index is 0.466. The Balaban J connectivity index is 2.00. The molecule has 1 aliphatic heterocycles. The molecule has 82 valence electrons. The fourth-order valence-electron chi connectivity index (χ4n) is 1.67. The zero-order chi connectivity index (χ0) is 10.7. The second-order valence-corrected chi connectivity index (χ2v) is 3.93. The number of nitrogens with zero attached hydrogens (tertiary/aromatic N) is 2. The molecular weight excluding hydrogens is 190 g/mol. The number of nitrogens with two attached hydrogens (primary N) is 1. The number of rotatable bonds is 2. The minimum absolute atomic E-state index is 0.466. The van der Waals surface area contributed by atoms with Crippen molar-refractivity contribution >= 4 is 11.8 Å². The first-order valence-corrected chi connectivity index (χ1v) is 5.32. The number of aryl methyl sites for hydroxylation is 1. The van der Waals surface area contributed by atoms with Crippen molar-refractivity contribution in [2.45, 2.75) is 25.8 Å². The molecule has 0 amide bonds. The minimum Gasteiger partial charge on any atom is -0.383 e. The topological polar surface area (TPSA) is 75.9 Å². The predicted molar refractivity (Wildman–Crippen MR) is 60.7 cm³/mol. The second-order valence-electron chi connectivity index (χ2n) is 3.93. The molecule has 0 radical (unpaired) electrons. The summed E-state index contributed by atoms with van der Waals surface area (Å²) in [7, 11) is 0. The largest absolute Gasteiger partial charge is 0.383 e. The average molecular weight is 207 g/mol. The summed E-state index contributed by atoms with van der Waals surface area (Å²) < 4.78 is 0. The van der Waals surface area contributed by atoms with E-state index in [0.717, 1.165) is 31.5 Å². The lowest BCUT2D eigenvalue weighted by Gasteiger charge is -2.23. The maximum Gasteiger partial charge on any atom is 0.224 e. The van der Waals surface area contributed by atoms with Gasteiger partial charge in [-0.2, -0.15) is 4.98 Å². The first kappa shape index (κ1) is 10.2. The summed E-state index contributed by atoms with van der Waals surface area (Å²) in [5.74, 6) is 1.20. The van der Waals surface area contributed by atoms with Gasteiger partial charge in [0.25, 0.3) is 0 Å². The Morgan fingerprint density at radius 1 is 1.47 bits per heavy atom. The molecule has 0 spiro atoms. The van der Waals surface area contributed by atoms with E-state index in [1.165, 1.54) is 0 Å². The van der Waals surface area contributed by atoms with E-state index in [9.17, 15) is 0 Å². The molecule has 1 aliphatic rings. The third-order valence-corrected chi connectivity index (χ3v) is 2.68. The van der Waals surface area contributed by atoms with E-state index in [4.69, 9.17) is 5.73 Å². The van der Waals surface area contributed by atoms with Crippen molar-refractivity contribution in [3.8, 4) is 0 Å². The van der Waals surface area contributed by atoms with Gasteiger partial charge in [-0.05, 0) is 32.9 Å². The highest BCUT2D eigenvalue weighted by Gasteiger charge is 2.13. The van der Waals surface area contributed by atoms with Crippen LogP contribution in [0.3, 0.4) is 0 Å². The third-order valence-electron chi connectivity index (χ3n) is 2.68. The Morgan fingerprint density at radius 3 is 2.87 bits per heavy atom. The van der Waals surface area contributed by atoms with Gasteiger partial charge in [0.05, 0.1) is 0 Å². The summed E-state index contributed by atoms with van der Waals surface area (Å²) in [4.78, 5) is 8.41. The lowest BCUT2D eigenvalue weighted by molar-refractivity contribution is 0.477. The molecule has 2 heterocycles. The van der Waals surface area contributed by atoms with Crippen LogP contribution in [0.1, 0.15) is 18.4 Å². The van der Waals surface area contributed by atoms with Crippen molar-refractivity contribution in [1.29, 1.82) is 0 Å². The molecule has 0 saturated carbocycles. The molecular formula is C10H17N5. The number of piperidine rings is 1. The van der Waals surface area contributed by atoms with Crippen molar-refractivity contribution in [1.82, 2.24) is 15.3 Å². The normalized spacial score (nSPS) is 17.7. The van der Waals surface area contributed by atoms with Gasteiger partial charge in [0.2, 0.25) is 5.95 Å². The van der Waals surface area contributed by atoms with Crippen LogP contribution < -0.4 is 16.4 Å². The summed E-state index contributed by atoms with van der Waals surface area (Å²) in [5.41, 5.74) is 6.64. The fraction of sp³-hybridized carbons (Fsp3) is 0.600. The van der Waals surface area contributed by atoms with Crippen LogP contribution >= 0.6 is 0 Å². The van der Waals surface area contributed by atoms with E-state index in [0.29, 0.717) is 17.8 Å². The molecule has 0 unspecified atom stereocenters. The third kappa shape index (κ3) is 2.56. The van der Waals surface area contributed by atoms with Gasteiger partial charge in [0.1, 0.15) is 5.82 Å². The van der Waals surface area contributed by atoms with Gasteiger partial charge in [-0.1, -0.05) is 0 Å². The molecule has 2 rings (SSSR count). The Kier molecular flexibility index (Phi) is 3.01. The van der Waals surface area contributed by atoms with Crippen LogP contribution in [-0.2, 0) is 0 Å². The maximum atomic E-state index is 5.72. The van der Waals surface area contributed by atoms with E-state index < -0.39 is 0 Å². The van der Waals surface area contributed by atoms with Crippen LogP contribution in [0.15, 0.2) is 6.20 Å². The molecule has 5 nitrogen and oxygen atoms in total. The first-order chi connectivity index (χ1) is 7.25. The SMILES string of the molecule is Cc1cnc(NC2CCNCC2)nc1N. The fourth-order valence-corrected chi connectivity index (χ4v) is 1.67. The quantitative estimate of drug-likeness (QED) is 0.659. The zero-order valence-corrected chi connectivity index (χ0v) is 8.95. The Morgan fingerprint density at radius 2 is 2.20 bits per heavy atom. The maximum absolute atomic E-state index is 5.72. The average Bonchev–Trinajstić information content (AvgIpc) is 2.25. The highest BCUT2D eigenvalue weighted by molar-refractivity contribution is 5.42. The number of hydrogen-bond donors (Lipinski definition) is 3. The zero-order valence-electron chi connectivity index (χ0n) is 8.95. The molecule has 1 fully saturated rings. The van der Waals surface area contributed by atoms with E-state index in [1.807, 2.05) is 6.92 Å². The Labute approximate surface area is 89.5 Å². The highest BCUT2D eigenvalue weighted by atomic mass is 15.1. The van der Waals surface area contributed by atoms with E-state index >= 15 is 0 Å². The molecule has 0 bridgehead atoms. The van der Waals surface area contributed by atoms with E-state index in [2.05, 4.69) is 20.6 Å². The van der Waals surface area contributed by atoms with Crippen molar-refractivity contribution in [2.75, 3.05) is 24.1 Å². The molecule has 1 aromatic rings. The molecule has 5 heteroatoms. The number of nitrogen functional groups attached to an aromatic ring is 1. The lowest BCUT2D eigenvalue weighted by Crippen LogP contribution is -2.35. The van der Waals surface area contributed by atoms with Crippen molar-refractivity contribution in [3.05, 3.63) is 11.8 Å². The van der Waals surface area contributed by atoms with Gasteiger partial charge in [0, 0.05) is 17.8 Å². The molecule has 1 saturated heterocycles. The predicted octanol–water partition coefficient (Wildman–Crippen LogP) is 0.531. The van der Waals surface area contributed by atoms with E-state index in [1.54, 1.807) is 6.20 Å². The first-order valence-electron chi connectivity index (χ1n) is 5.32. The van der Waals surface area contributed by atoms with Gasteiger partial charge in [0.15, 0.2) is 0 Å². The Bertz CT molecular complexity index is 333. The molecule has 15 heavy (non-hydrogen) atoms. The molecule has 4 N–H and O–H groups in total. The summed E-state index contributed by atoms with van der Waals surface area (Å²) in [6.07, 6.45) is 3.97. The number of nitrogens with one attached hydrogen (secondary N) is 2. The Hall–Kier alpha value is -1.36. The second kappa shape index (κ2) is 4.44. The highest BCUT2D eigenvalue weighted by Crippen LogP contribution is 2.12. The van der Waals surface area contributed by atoms with Crippen LogP contribution in [0.4, 0.5) is 11.8 Å². The van der Waals surface area contributed by atoms with E-state index in [-0.39, 0.29) is 0 Å². The molecule has 0 atom stereocenters. The van der Waals surface area contributed by atoms with Gasteiger partial charge in [-0.3, -0.25) is 0 Å². The number of aromatic nitrogens is 2.